The summed E-state index contributed by atoms with van der Waals surface area (Å²) >= 11 is 0. The highest BCUT2D eigenvalue weighted by molar-refractivity contribution is 5.98. The number of nitrogens with zero attached hydrogens (tertiary/aromatic N) is 3. The van der Waals surface area contributed by atoms with Gasteiger partial charge in [-0.3, -0.25) is 18.8 Å². The number of amides is 1. The highest BCUT2D eigenvalue weighted by Gasteiger charge is 2.24. The normalized spacial score (nSPS) is 12.2. The first-order valence-corrected chi connectivity index (χ1v) is 10.3. The van der Waals surface area contributed by atoms with Gasteiger partial charge in [0.2, 0.25) is 5.91 Å². The lowest BCUT2D eigenvalue weighted by Crippen LogP contribution is -2.32. The average molecular weight is 415 g/mol. The third kappa shape index (κ3) is 3.54. The largest absolute Gasteiger partial charge is 0.324 e. The van der Waals surface area contributed by atoms with Crippen LogP contribution in [0.15, 0.2) is 59.4 Å². The van der Waals surface area contributed by atoms with Crippen LogP contribution in [-0.2, 0) is 11.8 Å². The Labute approximate surface area is 181 Å². The number of aromatic nitrogens is 3. The number of hydrogen-bond donors (Lipinski definition) is 1. The molecule has 4 rings (SSSR count). The van der Waals surface area contributed by atoms with Crippen molar-refractivity contribution in [2.24, 2.45) is 7.05 Å². The molecule has 0 fully saturated rings. The molecule has 31 heavy (non-hydrogen) atoms. The maximum atomic E-state index is 13.3. The van der Waals surface area contributed by atoms with Gasteiger partial charge in [-0.25, -0.2) is 0 Å². The zero-order valence-corrected chi connectivity index (χ0v) is 18.4. The Hall–Kier alpha value is -3.67. The van der Waals surface area contributed by atoms with Crippen LogP contribution in [0.4, 0.5) is 5.69 Å². The van der Waals surface area contributed by atoms with Gasteiger partial charge in [0.25, 0.3) is 5.56 Å². The van der Waals surface area contributed by atoms with Crippen LogP contribution < -0.4 is 10.9 Å². The monoisotopic (exact) mass is 414 g/mol. The summed E-state index contributed by atoms with van der Waals surface area (Å²) in [6.07, 6.45) is 0. The van der Waals surface area contributed by atoms with Gasteiger partial charge < -0.3 is 5.32 Å². The molecule has 1 unspecified atom stereocenters. The molecule has 0 saturated carbocycles. The Morgan fingerprint density at radius 3 is 2.29 bits per heavy atom. The van der Waals surface area contributed by atoms with E-state index in [1.165, 1.54) is 4.57 Å². The number of nitrogens with one attached hydrogen (secondary N) is 1. The molecule has 1 amide bonds. The van der Waals surface area contributed by atoms with E-state index in [-0.39, 0.29) is 11.5 Å². The SMILES string of the molecule is Cc1cccc(C)c1NC(=O)C(C)n1c(=O)cc(-c2ccccc2)c2c(C)nn(C)c21. The maximum Gasteiger partial charge on any atom is 0.253 e. The quantitative estimate of drug-likeness (QED) is 0.534. The summed E-state index contributed by atoms with van der Waals surface area (Å²) in [5.74, 6) is -0.243. The van der Waals surface area contributed by atoms with Crippen LogP contribution in [0.3, 0.4) is 0 Å². The molecule has 2 aromatic carbocycles. The van der Waals surface area contributed by atoms with Crippen molar-refractivity contribution in [3.05, 3.63) is 81.8 Å². The van der Waals surface area contributed by atoms with Crippen molar-refractivity contribution in [2.75, 3.05) is 5.32 Å². The molecule has 158 valence electrons. The lowest BCUT2D eigenvalue weighted by atomic mass is 10.0. The van der Waals surface area contributed by atoms with Crippen molar-refractivity contribution in [2.45, 2.75) is 33.7 Å². The van der Waals surface area contributed by atoms with Crippen LogP contribution in [0.25, 0.3) is 22.2 Å². The van der Waals surface area contributed by atoms with Crippen LogP contribution in [0.1, 0.15) is 29.8 Å². The van der Waals surface area contributed by atoms with E-state index in [2.05, 4.69) is 10.4 Å². The summed E-state index contributed by atoms with van der Waals surface area (Å²) < 4.78 is 3.21. The van der Waals surface area contributed by atoms with Crippen LogP contribution in [-0.4, -0.2) is 20.3 Å². The second-order valence-electron chi connectivity index (χ2n) is 7.97. The smallest absolute Gasteiger partial charge is 0.253 e. The minimum absolute atomic E-state index is 0.237. The zero-order chi connectivity index (χ0) is 22.3. The van der Waals surface area contributed by atoms with E-state index in [4.69, 9.17) is 0 Å². The highest BCUT2D eigenvalue weighted by atomic mass is 16.2. The van der Waals surface area contributed by atoms with Gasteiger partial charge in [-0.1, -0.05) is 48.5 Å². The van der Waals surface area contributed by atoms with E-state index in [1.54, 1.807) is 24.7 Å². The molecule has 6 heteroatoms. The number of anilines is 1. The van der Waals surface area contributed by atoms with Crippen molar-refractivity contribution < 1.29 is 4.79 Å². The third-order valence-electron chi connectivity index (χ3n) is 5.78. The summed E-state index contributed by atoms with van der Waals surface area (Å²) in [4.78, 5) is 26.4. The Morgan fingerprint density at radius 1 is 1.00 bits per heavy atom. The summed E-state index contributed by atoms with van der Waals surface area (Å²) in [5, 5.41) is 8.45. The molecule has 0 saturated heterocycles. The number of carbonyl (C=O) groups excluding carboxylic acids is 1. The lowest BCUT2D eigenvalue weighted by Gasteiger charge is -2.20. The van der Waals surface area contributed by atoms with Crippen LogP contribution in [0, 0.1) is 20.8 Å². The van der Waals surface area contributed by atoms with E-state index in [0.717, 1.165) is 39.0 Å². The molecule has 6 nitrogen and oxygen atoms in total. The first kappa shape index (κ1) is 20.6. The minimum atomic E-state index is -0.714. The van der Waals surface area contributed by atoms with Gasteiger partial charge >= 0.3 is 0 Å². The molecule has 1 atom stereocenters. The standard InChI is InChI=1S/C25H26N4O2/c1-15-10-9-11-16(2)23(15)26-24(31)18(4)29-21(30)14-20(19-12-7-6-8-13-19)22-17(3)27-28(5)25(22)29/h6-14,18H,1-5H3,(H,26,31). The highest BCUT2D eigenvalue weighted by Crippen LogP contribution is 2.31. The maximum absolute atomic E-state index is 13.3. The van der Waals surface area contributed by atoms with Crippen molar-refractivity contribution in [1.29, 1.82) is 0 Å². The number of para-hydroxylation sites is 1. The van der Waals surface area contributed by atoms with Gasteiger partial charge in [0, 0.05) is 24.2 Å². The van der Waals surface area contributed by atoms with Gasteiger partial charge in [-0.2, -0.15) is 5.10 Å². The number of fused-ring (bicyclic) bond motifs is 1. The molecule has 0 bridgehead atoms. The molecule has 0 aliphatic heterocycles. The van der Waals surface area contributed by atoms with Crippen LogP contribution in [0.5, 0.6) is 0 Å². The fraction of sp³-hybridized carbons (Fsp3) is 0.240. The number of pyridine rings is 1. The molecule has 0 spiro atoms. The minimum Gasteiger partial charge on any atom is -0.324 e. The Morgan fingerprint density at radius 2 is 1.65 bits per heavy atom. The Kier molecular flexibility index (Phi) is 5.23. The van der Waals surface area contributed by atoms with Crippen molar-refractivity contribution in [3.8, 4) is 11.1 Å². The van der Waals surface area contributed by atoms with E-state index >= 15 is 0 Å². The molecule has 2 aromatic heterocycles. The first-order chi connectivity index (χ1) is 14.8. The lowest BCUT2D eigenvalue weighted by molar-refractivity contribution is -0.118. The van der Waals surface area contributed by atoms with Gasteiger partial charge in [0.1, 0.15) is 11.7 Å². The Balaban J connectivity index is 1.86. The van der Waals surface area contributed by atoms with Crippen LogP contribution >= 0.6 is 0 Å². The molecule has 0 radical (unpaired) electrons. The van der Waals surface area contributed by atoms with Crippen molar-refractivity contribution in [1.82, 2.24) is 14.3 Å². The van der Waals surface area contributed by atoms with E-state index in [0.29, 0.717) is 5.65 Å². The van der Waals surface area contributed by atoms with Gasteiger partial charge in [-0.05, 0) is 49.9 Å². The van der Waals surface area contributed by atoms with E-state index in [1.807, 2.05) is 69.3 Å². The predicted molar refractivity (Wildman–Crippen MR) is 124 cm³/mol. The zero-order valence-electron chi connectivity index (χ0n) is 18.4. The van der Waals surface area contributed by atoms with E-state index in [9.17, 15) is 9.59 Å². The van der Waals surface area contributed by atoms with E-state index < -0.39 is 6.04 Å². The molecule has 0 aliphatic carbocycles. The molecular formula is C25H26N4O2. The second-order valence-corrected chi connectivity index (χ2v) is 7.97. The van der Waals surface area contributed by atoms with Gasteiger partial charge in [0.15, 0.2) is 0 Å². The molecule has 2 heterocycles. The van der Waals surface area contributed by atoms with Gasteiger partial charge in [-0.15, -0.1) is 0 Å². The average Bonchev–Trinajstić information content (AvgIpc) is 3.04. The molecule has 4 aromatic rings. The van der Waals surface area contributed by atoms with Gasteiger partial charge in [0.05, 0.1) is 5.69 Å². The summed E-state index contributed by atoms with van der Waals surface area (Å²) in [6, 6.07) is 16.5. The first-order valence-electron chi connectivity index (χ1n) is 10.3. The van der Waals surface area contributed by atoms with Crippen molar-refractivity contribution >= 4 is 22.6 Å². The number of carbonyl (C=O) groups is 1. The fourth-order valence-electron chi connectivity index (χ4n) is 4.18. The topological polar surface area (TPSA) is 68.9 Å². The molecule has 1 N–H and O–H groups in total. The fourth-order valence-corrected chi connectivity index (χ4v) is 4.18. The Bertz CT molecular complexity index is 1330. The summed E-state index contributed by atoms with van der Waals surface area (Å²) in [5.41, 5.74) is 5.72. The predicted octanol–water partition coefficient (Wildman–Crippen LogP) is 4.53. The summed E-state index contributed by atoms with van der Waals surface area (Å²) in [6.45, 7) is 7.58. The van der Waals surface area contributed by atoms with Crippen molar-refractivity contribution in [3.63, 3.8) is 0 Å². The molecular weight excluding hydrogens is 388 g/mol. The number of benzene rings is 2. The number of rotatable bonds is 4. The van der Waals surface area contributed by atoms with Crippen LogP contribution in [0.2, 0.25) is 0 Å². The number of aryl methyl sites for hydroxylation is 4. The molecule has 0 aliphatic rings. The second kappa shape index (κ2) is 7.87. The summed E-state index contributed by atoms with van der Waals surface area (Å²) in [7, 11) is 1.80. The number of hydrogen-bond acceptors (Lipinski definition) is 3. The third-order valence-corrected chi connectivity index (χ3v) is 5.78.